The number of nitrogens with two attached hydrogens (primary N) is 1. The van der Waals surface area contributed by atoms with E-state index < -0.39 is 0 Å². The van der Waals surface area contributed by atoms with Gasteiger partial charge < -0.3 is 5.32 Å². The molecule has 0 amide bonds. The number of rotatable bonds is 4. The lowest BCUT2D eigenvalue weighted by molar-refractivity contribution is -0.666. The Bertz CT molecular complexity index is 186. The molecule has 2 N–H and O–H groups in total. The Labute approximate surface area is 81.3 Å². The number of hydrogen-bond donors (Lipinski definition) is 1. The maximum Gasteiger partial charge on any atom is 0.101 e. The van der Waals surface area contributed by atoms with Gasteiger partial charge in [0.1, 0.15) is 6.54 Å². The summed E-state index contributed by atoms with van der Waals surface area (Å²) in [4.78, 5) is 0. The predicted molar refractivity (Wildman–Crippen MR) is 55.8 cm³/mol. The Hall–Kier alpha value is -0.0900. The van der Waals surface area contributed by atoms with Crippen LogP contribution < -0.4 is 5.32 Å². The van der Waals surface area contributed by atoms with E-state index in [2.05, 4.69) is 58.2 Å². The molecule has 0 atom stereocenters. The average Bonchev–Trinajstić information content (AvgIpc) is 2.07. The van der Waals surface area contributed by atoms with Crippen molar-refractivity contribution >= 4 is 22.6 Å². The van der Waals surface area contributed by atoms with Crippen LogP contribution in [0, 0.1) is 0 Å². The highest BCUT2D eigenvalue weighted by Crippen LogP contribution is 1.94. The van der Waals surface area contributed by atoms with Crippen LogP contribution in [-0.4, -0.2) is 11.0 Å². The van der Waals surface area contributed by atoms with Crippen LogP contribution in [0.4, 0.5) is 0 Å². The molecule has 0 saturated carbocycles. The quantitative estimate of drug-likeness (QED) is 0.477. The normalized spacial score (nSPS) is 9.91. The molecule has 0 heterocycles. The third-order valence-corrected chi connectivity index (χ3v) is 2.16. The number of benzene rings is 1. The van der Waals surface area contributed by atoms with E-state index in [-0.39, 0.29) is 0 Å². The number of quaternary nitrogens is 1. The number of halogens is 1. The summed E-state index contributed by atoms with van der Waals surface area (Å²) in [7, 11) is 0. The van der Waals surface area contributed by atoms with Crippen molar-refractivity contribution in [2.75, 3.05) is 11.0 Å². The van der Waals surface area contributed by atoms with Gasteiger partial charge in [-0.05, 0) is 0 Å². The van der Waals surface area contributed by atoms with Gasteiger partial charge in [0.15, 0.2) is 0 Å². The molecule has 1 aromatic rings. The van der Waals surface area contributed by atoms with E-state index in [0.717, 1.165) is 6.54 Å². The Kier molecular flexibility index (Phi) is 4.54. The molecular formula is C9H13IN+. The zero-order valence-electron chi connectivity index (χ0n) is 6.46. The number of hydrogen-bond acceptors (Lipinski definition) is 0. The van der Waals surface area contributed by atoms with E-state index in [1.54, 1.807) is 0 Å². The molecule has 11 heavy (non-hydrogen) atoms. The molecule has 0 unspecified atom stereocenters. The summed E-state index contributed by atoms with van der Waals surface area (Å²) < 4.78 is 1.23. The minimum absolute atomic E-state index is 1.11. The predicted octanol–water partition coefficient (Wildman–Crippen LogP) is 1.19. The SMILES string of the molecule is ICC[NH2+]Cc1ccccc1. The molecule has 0 saturated heterocycles. The summed E-state index contributed by atoms with van der Waals surface area (Å²) in [5.74, 6) is 0. The summed E-state index contributed by atoms with van der Waals surface area (Å²) in [6.45, 7) is 2.33. The second-order valence-corrected chi connectivity index (χ2v) is 3.53. The van der Waals surface area contributed by atoms with Gasteiger partial charge in [-0.3, -0.25) is 0 Å². The first kappa shape index (κ1) is 9.00. The zero-order valence-corrected chi connectivity index (χ0v) is 8.62. The molecule has 2 heteroatoms. The van der Waals surface area contributed by atoms with Crippen molar-refractivity contribution in [3.05, 3.63) is 35.9 Å². The van der Waals surface area contributed by atoms with Crippen LogP contribution in [0.2, 0.25) is 0 Å². The third-order valence-electron chi connectivity index (χ3n) is 1.54. The fraction of sp³-hybridized carbons (Fsp3) is 0.333. The minimum atomic E-state index is 1.11. The van der Waals surface area contributed by atoms with Gasteiger partial charge in [0.2, 0.25) is 0 Å². The molecule has 0 aliphatic rings. The molecule has 0 aromatic heterocycles. The molecule has 0 bridgehead atoms. The van der Waals surface area contributed by atoms with Crippen LogP contribution in [0.3, 0.4) is 0 Å². The first-order chi connectivity index (χ1) is 5.43. The summed E-state index contributed by atoms with van der Waals surface area (Å²) >= 11 is 2.40. The highest BCUT2D eigenvalue weighted by Gasteiger charge is 1.91. The Morgan fingerprint density at radius 2 is 1.91 bits per heavy atom. The standard InChI is InChI=1S/C9H12IN/c10-6-7-11-8-9-4-2-1-3-5-9/h1-5,11H,6-8H2/p+1. The monoisotopic (exact) mass is 262 g/mol. The van der Waals surface area contributed by atoms with Gasteiger partial charge in [0.05, 0.1) is 6.54 Å². The lowest BCUT2D eigenvalue weighted by Crippen LogP contribution is -2.83. The van der Waals surface area contributed by atoms with Crippen molar-refractivity contribution < 1.29 is 5.32 Å². The highest BCUT2D eigenvalue weighted by molar-refractivity contribution is 14.1. The van der Waals surface area contributed by atoms with Crippen molar-refractivity contribution in [2.45, 2.75) is 6.54 Å². The van der Waals surface area contributed by atoms with Crippen molar-refractivity contribution in [1.82, 2.24) is 0 Å². The van der Waals surface area contributed by atoms with Gasteiger partial charge in [-0.1, -0.05) is 52.9 Å². The fourth-order valence-electron chi connectivity index (χ4n) is 0.960. The Morgan fingerprint density at radius 3 is 2.55 bits per heavy atom. The molecule has 1 nitrogen and oxygen atoms in total. The second kappa shape index (κ2) is 5.55. The smallest absolute Gasteiger partial charge is 0.101 e. The summed E-state index contributed by atoms with van der Waals surface area (Å²) in [5.41, 5.74) is 1.41. The van der Waals surface area contributed by atoms with Gasteiger partial charge in [-0.25, -0.2) is 0 Å². The molecule has 60 valence electrons. The summed E-state index contributed by atoms with van der Waals surface area (Å²) in [6.07, 6.45) is 0. The van der Waals surface area contributed by atoms with E-state index in [4.69, 9.17) is 0 Å². The van der Waals surface area contributed by atoms with E-state index in [1.807, 2.05) is 0 Å². The lowest BCUT2D eigenvalue weighted by Gasteiger charge is -1.98. The van der Waals surface area contributed by atoms with Crippen LogP contribution in [0.15, 0.2) is 30.3 Å². The molecule has 0 radical (unpaired) electrons. The topological polar surface area (TPSA) is 16.6 Å². The highest BCUT2D eigenvalue weighted by atomic mass is 127. The summed E-state index contributed by atoms with van der Waals surface area (Å²) in [6, 6.07) is 10.6. The maximum atomic E-state index is 2.40. The van der Waals surface area contributed by atoms with Crippen LogP contribution in [0.1, 0.15) is 5.56 Å². The first-order valence-electron chi connectivity index (χ1n) is 3.85. The Morgan fingerprint density at radius 1 is 1.18 bits per heavy atom. The minimum Gasteiger partial charge on any atom is -0.342 e. The van der Waals surface area contributed by atoms with E-state index in [0.29, 0.717) is 0 Å². The fourth-order valence-corrected chi connectivity index (χ4v) is 1.40. The molecule has 1 rings (SSSR count). The van der Waals surface area contributed by atoms with Crippen molar-refractivity contribution in [1.29, 1.82) is 0 Å². The van der Waals surface area contributed by atoms with Gasteiger partial charge in [-0.15, -0.1) is 0 Å². The van der Waals surface area contributed by atoms with Gasteiger partial charge in [0.25, 0.3) is 0 Å². The Balaban J connectivity index is 2.28. The van der Waals surface area contributed by atoms with Crippen LogP contribution >= 0.6 is 22.6 Å². The van der Waals surface area contributed by atoms with Crippen LogP contribution in [0.25, 0.3) is 0 Å². The first-order valence-corrected chi connectivity index (χ1v) is 5.37. The van der Waals surface area contributed by atoms with Crippen molar-refractivity contribution in [3.8, 4) is 0 Å². The maximum absolute atomic E-state index is 2.40. The van der Waals surface area contributed by atoms with Gasteiger partial charge >= 0.3 is 0 Å². The second-order valence-electron chi connectivity index (χ2n) is 2.46. The van der Waals surface area contributed by atoms with E-state index in [1.165, 1.54) is 16.5 Å². The molecule has 0 spiro atoms. The van der Waals surface area contributed by atoms with Crippen LogP contribution in [0.5, 0.6) is 0 Å². The molecule has 0 aliphatic heterocycles. The van der Waals surface area contributed by atoms with E-state index in [9.17, 15) is 0 Å². The third kappa shape index (κ3) is 3.72. The van der Waals surface area contributed by atoms with Gasteiger partial charge in [0, 0.05) is 9.99 Å². The molecule has 0 fully saturated rings. The number of alkyl halides is 1. The molecular weight excluding hydrogens is 249 g/mol. The lowest BCUT2D eigenvalue weighted by atomic mass is 10.2. The largest absolute Gasteiger partial charge is 0.342 e. The van der Waals surface area contributed by atoms with Crippen LogP contribution in [-0.2, 0) is 6.54 Å². The van der Waals surface area contributed by atoms with E-state index >= 15 is 0 Å². The zero-order chi connectivity index (χ0) is 7.94. The van der Waals surface area contributed by atoms with Gasteiger partial charge in [-0.2, -0.15) is 0 Å². The summed E-state index contributed by atoms with van der Waals surface area (Å²) in [5, 5.41) is 2.34. The molecule has 0 aliphatic carbocycles. The average molecular weight is 262 g/mol. The molecule has 1 aromatic carbocycles. The van der Waals surface area contributed by atoms with Crippen molar-refractivity contribution in [3.63, 3.8) is 0 Å². The van der Waals surface area contributed by atoms with Crippen molar-refractivity contribution in [2.24, 2.45) is 0 Å².